The molecule has 0 aliphatic heterocycles. The van der Waals surface area contributed by atoms with Crippen molar-refractivity contribution < 1.29 is 0 Å². The lowest BCUT2D eigenvalue weighted by Gasteiger charge is -2.27. The van der Waals surface area contributed by atoms with Gasteiger partial charge in [0.25, 0.3) is 0 Å². The highest BCUT2D eigenvalue weighted by Gasteiger charge is 2.25. The molecule has 1 aliphatic carbocycles. The highest BCUT2D eigenvalue weighted by atomic mass is 15.3. The molecule has 3 N–H and O–H groups in total. The van der Waals surface area contributed by atoms with Gasteiger partial charge in [0.1, 0.15) is 6.29 Å². The monoisotopic (exact) mass is 884 g/mol. The number of para-hydroxylation sites is 1. The lowest BCUT2D eigenvalue weighted by Crippen LogP contribution is -2.37. The van der Waals surface area contributed by atoms with Crippen molar-refractivity contribution in [3.63, 3.8) is 0 Å². The molecule has 0 amide bonds. The van der Waals surface area contributed by atoms with Crippen molar-refractivity contribution in [3.8, 4) is 44.5 Å². The Bertz CT molecular complexity index is 4090. The molecule has 328 valence electrons. The SMILES string of the molecule is C=C/C=C(\C=C)n1c2ccc(-c3ccc4c(c3)c3ccccc3n4C(N)NC(c3ccc(-c4ccc5c6c(cccc46)-c4ccccc4-5)cc3)c3ccccc3C)cc2c2c3ccccc3ccc21. The molecule has 4 nitrogen and oxygen atoms in total. The van der Waals surface area contributed by atoms with Crippen LogP contribution in [0.4, 0.5) is 0 Å². The minimum Gasteiger partial charge on any atom is -0.312 e. The first kappa shape index (κ1) is 40.7. The molecule has 2 atom stereocenters. The average molecular weight is 885 g/mol. The molecule has 2 aromatic heterocycles. The highest BCUT2D eigenvalue weighted by Crippen LogP contribution is 2.49. The van der Waals surface area contributed by atoms with Gasteiger partial charge < -0.3 is 9.13 Å². The van der Waals surface area contributed by atoms with E-state index in [1.807, 2.05) is 18.2 Å². The smallest absolute Gasteiger partial charge is 0.137 e. The second kappa shape index (κ2) is 16.1. The van der Waals surface area contributed by atoms with Gasteiger partial charge in [-0.05, 0) is 138 Å². The minimum absolute atomic E-state index is 0.180. The number of fused-ring (bicyclic) bond motifs is 11. The second-order valence-corrected chi connectivity index (χ2v) is 18.4. The summed E-state index contributed by atoms with van der Waals surface area (Å²) in [6.07, 6.45) is 5.20. The molecule has 0 spiro atoms. The van der Waals surface area contributed by atoms with E-state index in [4.69, 9.17) is 5.73 Å². The number of benzene rings is 10. The maximum atomic E-state index is 7.45. The summed E-state index contributed by atoms with van der Waals surface area (Å²) in [5, 5.41) is 13.7. The number of nitrogens with two attached hydrogens (primary N) is 1. The van der Waals surface area contributed by atoms with Gasteiger partial charge in [-0.15, -0.1) is 0 Å². The van der Waals surface area contributed by atoms with Crippen molar-refractivity contribution >= 4 is 70.9 Å². The van der Waals surface area contributed by atoms with Crippen LogP contribution in [0, 0.1) is 6.92 Å². The third-order valence-corrected chi connectivity index (χ3v) is 14.7. The van der Waals surface area contributed by atoms with Crippen LogP contribution in [-0.4, -0.2) is 9.13 Å². The normalized spacial score (nSPS) is 13.2. The molecule has 2 unspecified atom stereocenters. The van der Waals surface area contributed by atoms with Gasteiger partial charge in [-0.2, -0.15) is 0 Å². The predicted molar refractivity (Wildman–Crippen MR) is 293 cm³/mol. The fourth-order valence-electron chi connectivity index (χ4n) is 11.5. The van der Waals surface area contributed by atoms with Gasteiger partial charge in [0.2, 0.25) is 0 Å². The Balaban J connectivity index is 0.892. The number of hydrogen-bond donors (Lipinski definition) is 2. The van der Waals surface area contributed by atoms with Crippen LogP contribution in [0.15, 0.2) is 232 Å². The average Bonchev–Trinajstić information content (AvgIpc) is 4.04. The summed E-state index contributed by atoms with van der Waals surface area (Å²) in [6.45, 7) is 10.4. The van der Waals surface area contributed by atoms with Crippen molar-refractivity contribution in [2.45, 2.75) is 19.3 Å². The predicted octanol–water partition coefficient (Wildman–Crippen LogP) is 16.5. The molecule has 2 heterocycles. The number of hydrogen-bond acceptors (Lipinski definition) is 2. The first-order chi connectivity index (χ1) is 34.0. The number of rotatable bonds is 10. The summed E-state index contributed by atoms with van der Waals surface area (Å²) in [4.78, 5) is 0. The zero-order valence-corrected chi connectivity index (χ0v) is 38.3. The molecule has 69 heavy (non-hydrogen) atoms. The summed E-state index contributed by atoms with van der Waals surface area (Å²) in [5.41, 5.74) is 26.3. The summed E-state index contributed by atoms with van der Waals surface area (Å²) in [7, 11) is 0. The Kier molecular flexibility index (Phi) is 9.48. The van der Waals surface area contributed by atoms with E-state index < -0.39 is 6.29 Å². The quantitative estimate of drug-likeness (QED) is 0.106. The van der Waals surface area contributed by atoms with Crippen molar-refractivity contribution in [1.29, 1.82) is 0 Å². The minimum atomic E-state index is -0.556. The van der Waals surface area contributed by atoms with Gasteiger partial charge in [-0.1, -0.05) is 183 Å². The molecule has 0 bridgehead atoms. The molecule has 10 aromatic carbocycles. The van der Waals surface area contributed by atoms with Crippen molar-refractivity contribution in [1.82, 2.24) is 14.5 Å². The summed E-state index contributed by atoms with van der Waals surface area (Å²) in [6, 6.07) is 73.0. The topological polar surface area (TPSA) is 47.9 Å². The largest absolute Gasteiger partial charge is 0.312 e. The number of nitrogens with zero attached hydrogens (tertiary/aromatic N) is 2. The Hall–Kier alpha value is -8.54. The molecule has 12 aromatic rings. The van der Waals surface area contributed by atoms with E-state index in [1.165, 1.54) is 76.8 Å². The van der Waals surface area contributed by atoms with Gasteiger partial charge in [-0.25, -0.2) is 0 Å². The second-order valence-electron chi connectivity index (χ2n) is 18.4. The lowest BCUT2D eigenvalue weighted by atomic mass is 9.91. The van der Waals surface area contributed by atoms with Gasteiger partial charge >= 0.3 is 0 Å². The van der Waals surface area contributed by atoms with E-state index in [2.05, 4.69) is 235 Å². The number of aromatic nitrogens is 2. The van der Waals surface area contributed by atoms with E-state index in [9.17, 15) is 0 Å². The summed E-state index contributed by atoms with van der Waals surface area (Å²) < 4.78 is 4.57. The third-order valence-electron chi connectivity index (χ3n) is 14.7. The number of allylic oxidation sites excluding steroid dienone is 4. The molecule has 0 saturated heterocycles. The van der Waals surface area contributed by atoms with E-state index in [0.717, 1.165) is 55.2 Å². The maximum Gasteiger partial charge on any atom is 0.137 e. The maximum absolute atomic E-state index is 7.45. The molecule has 1 aliphatic rings. The Labute approximate surface area is 401 Å². The Morgan fingerprint density at radius 1 is 0.493 bits per heavy atom. The first-order valence-electron chi connectivity index (χ1n) is 23.8. The molecule has 4 heteroatoms. The first-order valence-corrected chi connectivity index (χ1v) is 23.8. The fraction of sp³-hybridized carbons (Fsp3) is 0.0462. The van der Waals surface area contributed by atoms with Crippen LogP contribution >= 0.6 is 0 Å². The zero-order valence-electron chi connectivity index (χ0n) is 38.3. The number of nitrogens with one attached hydrogen (secondary N) is 1. The van der Waals surface area contributed by atoms with Gasteiger partial charge in [0.05, 0.1) is 28.1 Å². The van der Waals surface area contributed by atoms with Crippen molar-refractivity contribution in [2.75, 3.05) is 0 Å². The van der Waals surface area contributed by atoms with Gasteiger partial charge in [0, 0.05) is 27.2 Å². The molecule has 0 radical (unpaired) electrons. The molecular weight excluding hydrogens is 837 g/mol. The lowest BCUT2D eigenvalue weighted by molar-refractivity contribution is 0.403. The standard InChI is InChI=1S/C65H48N4/c1-4-15-46(5-2)68-60-36-32-45(39-57(60)63-49-19-9-7-17-41(49)30-37-61(63)68)44-31-35-59-56(38-44)52-22-12-13-25-58(52)69(59)65(66)67-64(47-18-8-6-16-40(47)3)43-28-26-42(27-29-43)48-33-34-55-51-21-11-10-20-50(51)54-24-14-23-53(48)62(54)55/h4-39,64-65,67H,1-2,66H2,3H3/b46-15+. The van der Waals surface area contributed by atoms with Crippen LogP contribution in [0.3, 0.4) is 0 Å². The van der Waals surface area contributed by atoms with Crippen molar-refractivity contribution in [3.05, 3.63) is 248 Å². The summed E-state index contributed by atoms with van der Waals surface area (Å²) >= 11 is 0. The van der Waals surface area contributed by atoms with Crippen LogP contribution in [0.25, 0.3) is 115 Å². The molecule has 0 saturated carbocycles. The van der Waals surface area contributed by atoms with Gasteiger partial charge in [-0.3, -0.25) is 11.1 Å². The zero-order chi connectivity index (χ0) is 46.3. The van der Waals surface area contributed by atoms with E-state index in [-0.39, 0.29) is 6.04 Å². The Morgan fingerprint density at radius 2 is 1.10 bits per heavy atom. The van der Waals surface area contributed by atoms with Crippen LogP contribution < -0.4 is 11.1 Å². The van der Waals surface area contributed by atoms with Crippen LogP contribution in [0.1, 0.15) is 29.0 Å². The fourth-order valence-corrected chi connectivity index (χ4v) is 11.5. The highest BCUT2D eigenvalue weighted by molar-refractivity contribution is 6.23. The third kappa shape index (κ3) is 6.30. The van der Waals surface area contributed by atoms with Crippen LogP contribution in [0.2, 0.25) is 0 Å². The van der Waals surface area contributed by atoms with E-state index in [1.54, 1.807) is 0 Å². The van der Waals surface area contributed by atoms with Gasteiger partial charge in [0.15, 0.2) is 0 Å². The van der Waals surface area contributed by atoms with E-state index >= 15 is 0 Å². The van der Waals surface area contributed by atoms with Crippen molar-refractivity contribution in [2.24, 2.45) is 5.73 Å². The Morgan fingerprint density at radius 3 is 1.88 bits per heavy atom. The summed E-state index contributed by atoms with van der Waals surface area (Å²) in [5.74, 6) is 0. The molecular formula is C65H48N4. The van der Waals surface area contributed by atoms with Crippen LogP contribution in [-0.2, 0) is 0 Å². The molecule has 0 fully saturated rings. The van der Waals surface area contributed by atoms with E-state index in [0.29, 0.717) is 0 Å². The molecule has 13 rings (SSSR count). The number of aryl methyl sites for hydroxylation is 1. The van der Waals surface area contributed by atoms with Crippen LogP contribution in [0.5, 0.6) is 0 Å².